The largest absolute Gasteiger partial charge is 0.456 e. The van der Waals surface area contributed by atoms with Gasteiger partial charge in [0.25, 0.3) is 0 Å². The van der Waals surface area contributed by atoms with E-state index in [4.69, 9.17) is 8.83 Å². The van der Waals surface area contributed by atoms with Gasteiger partial charge in [-0.1, -0.05) is 84.9 Å². The molecule has 190 valence electrons. The molecule has 40 heavy (non-hydrogen) atoms. The molecule has 0 saturated carbocycles. The Morgan fingerprint density at radius 1 is 0.425 bits per heavy atom. The Bertz CT molecular complexity index is 2180. The van der Waals surface area contributed by atoms with Gasteiger partial charge >= 0.3 is 0 Å². The fraction of sp³-hybridized carbons (Fsp3) is 0.0270. The summed E-state index contributed by atoms with van der Waals surface area (Å²) in [5, 5.41) is 4.58. The minimum Gasteiger partial charge on any atom is -0.456 e. The van der Waals surface area contributed by atoms with Crippen LogP contribution < -0.4 is 4.90 Å². The summed E-state index contributed by atoms with van der Waals surface area (Å²) in [6.45, 7) is 0. The summed E-state index contributed by atoms with van der Waals surface area (Å²) in [6.07, 6.45) is 0. The van der Waals surface area contributed by atoms with Crippen molar-refractivity contribution in [3.8, 4) is 22.3 Å². The van der Waals surface area contributed by atoms with Crippen LogP contribution in [0.1, 0.15) is 0 Å². The topological polar surface area (TPSA) is 29.5 Å². The Hall–Kier alpha value is -5.28. The Kier molecular flexibility index (Phi) is 5.04. The molecule has 0 aliphatic carbocycles. The second-order valence-electron chi connectivity index (χ2n) is 10.2. The zero-order chi connectivity index (χ0) is 26.6. The fourth-order valence-electron chi connectivity index (χ4n) is 5.79. The molecule has 0 aliphatic rings. The molecule has 0 aliphatic heterocycles. The molecule has 0 unspecified atom stereocenters. The molecule has 0 amide bonds. The van der Waals surface area contributed by atoms with Crippen LogP contribution in [0.2, 0.25) is 0 Å². The molecule has 0 spiro atoms. The van der Waals surface area contributed by atoms with Crippen molar-refractivity contribution in [3.05, 3.63) is 133 Å². The van der Waals surface area contributed by atoms with Crippen LogP contribution in [0, 0.1) is 0 Å². The third kappa shape index (κ3) is 3.59. The first-order chi connectivity index (χ1) is 19.7. The predicted octanol–water partition coefficient (Wildman–Crippen LogP) is 10.6. The van der Waals surface area contributed by atoms with Crippen LogP contribution in [-0.4, -0.2) is 7.05 Å². The number of para-hydroxylation sites is 3. The SMILES string of the molecule is CN(c1ccc(-c2cccc3c2oc2ccccc23)cc1)c1cccc(-c2ccc3oc4ccccc4c3c2)c1. The van der Waals surface area contributed by atoms with Crippen LogP contribution in [0.25, 0.3) is 66.1 Å². The van der Waals surface area contributed by atoms with E-state index in [-0.39, 0.29) is 0 Å². The van der Waals surface area contributed by atoms with Gasteiger partial charge in [-0.2, -0.15) is 0 Å². The van der Waals surface area contributed by atoms with Gasteiger partial charge in [0.1, 0.15) is 22.3 Å². The molecule has 0 bridgehead atoms. The lowest BCUT2D eigenvalue weighted by Gasteiger charge is -2.21. The summed E-state index contributed by atoms with van der Waals surface area (Å²) in [4.78, 5) is 2.22. The smallest absolute Gasteiger partial charge is 0.143 e. The van der Waals surface area contributed by atoms with Crippen molar-refractivity contribution in [2.45, 2.75) is 0 Å². The highest BCUT2D eigenvalue weighted by molar-refractivity contribution is 6.09. The highest BCUT2D eigenvalue weighted by Crippen LogP contribution is 2.37. The van der Waals surface area contributed by atoms with Crippen LogP contribution in [0.5, 0.6) is 0 Å². The van der Waals surface area contributed by atoms with Crippen molar-refractivity contribution < 1.29 is 8.83 Å². The van der Waals surface area contributed by atoms with E-state index in [1.165, 1.54) is 11.1 Å². The van der Waals surface area contributed by atoms with Crippen molar-refractivity contribution in [1.82, 2.24) is 0 Å². The van der Waals surface area contributed by atoms with Crippen LogP contribution in [-0.2, 0) is 0 Å². The van der Waals surface area contributed by atoms with Crippen LogP contribution in [0.3, 0.4) is 0 Å². The molecule has 8 rings (SSSR count). The summed E-state index contributed by atoms with van der Waals surface area (Å²) in [6, 6.07) is 46.6. The first-order valence-electron chi connectivity index (χ1n) is 13.5. The van der Waals surface area contributed by atoms with Gasteiger partial charge in [-0.3, -0.25) is 0 Å². The van der Waals surface area contributed by atoms with E-state index in [0.717, 1.165) is 66.4 Å². The molecule has 3 nitrogen and oxygen atoms in total. The molecule has 2 aromatic heterocycles. The number of rotatable bonds is 4. The summed E-state index contributed by atoms with van der Waals surface area (Å²) in [7, 11) is 2.11. The van der Waals surface area contributed by atoms with Crippen molar-refractivity contribution in [1.29, 1.82) is 0 Å². The minimum absolute atomic E-state index is 0.914. The number of anilines is 2. The molecular formula is C37H25NO2. The summed E-state index contributed by atoms with van der Waals surface area (Å²) >= 11 is 0. The van der Waals surface area contributed by atoms with Gasteiger partial charge in [0.05, 0.1) is 0 Å². The fourth-order valence-corrected chi connectivity index (χ4v) is 5.79. The molecule has 3 heteroatoms. The molecule has 0 radical (unpaired) electrons. The number of nitrogens with zero attached hydrogens (tertiary/aromatic N) is 1. The zero-order valence-corrected chi connectivity index (χ0v) is 22.0. The quantitative estimate of drug-likeness (QED) is 0.233. The second kappa shape index (κ2) is 8.89. The van der Waals surface area contributed by atoms with Crippen molar-refractivity contribution in [3.63, 3.8) is 0 Å². The second-order valence-corrected chi connectivity index (χ2v) is 10.2. The van der Waals surface area contributed by atoms with Gasteiger partial charge in [0, 0.05) is 45.5 Å². The lowest BCUT2D eigenvalue weighted by atomic mass is 10.0. The molecule has 2 heterocycles. The van der Waals surface area contributed by atoms with Crippen LogP contribution >= 0.6 is 0 Å². The van der Waals surface area contributed by atoms with Gasteiger partial charge in [0.2, 0.25) is 0 Å². The van der Waals surface area contributed by atoms with Gasteiger partial charge in [-0.15, -0.1) is 0 Å². The van der Waals surface area contributed by atoms with Gasteiger partial charge in [0.15, 0.2) is 0 Å². The minimum atomic E-state index is 0.914. The predicted molar refractivity (Wildman–Crippen MR) is 166 cm³/mol. The monoisotopic (exact) mass is 515 g/mol. The van der Waals surface area contributed by atoms with Gasteiger partial charge in [-0.25, -0.2) is 0 Å². The molecule has 0 saturated heterocycles. The van der Waals surface area contributed by atoms with Gasteiger partial charge < -0.3 is 13.7 Å². The lowest BCUT2D eigenvalue weighted by Crippen LogP contribution is -2.09. The third-order valence-corrected chi connectivity index (χ3v) is 7.91. The Morgan fingerprint density at radius 3 is 1.88 bits per heavy atom. The van der Waals surface area contributed by atoms with Gasteiger partial charge in [-0.05, 0) is 65.2 Å². The summed E-state index contributed by atoms with van der Waals surface area (Å²) in [5.41, 5.74) is 10.5. The average Bonchev–Trinajstić information content (AvgIpc) is 3.59. The van der Waals surface area contributed by atoms with E-state index in [9.17, 15) is 0 Å². The maximum Gasteiger partial charge on any atom is 0.143 e. The lowest BCUT2D eigenvalue weighted by molar-refractivity contribution is 0.669. The normalized spacial score (nSPS) is 11.6. The summed E-state index contributed by atoms with van der Waals surface area (Å²) < 4.78 is 12.3. The molecule has 6 aromatic carbocycles. The number of fused-ring (bicyclic) bond motifs is 6. The van der Waals surface area contributed by atoms with E-state index in [1.54, 1.807) is 0 Å². The van der Waals surface area contributed by atoms with Crippen molar-refractivity contribution >= 4 is 55.3 Å². The van der Waals surface area contributed by atoms with E-state index >= 15 is 0 Å². The molecule has 0 atom stereocenters. The standard InChI is InChI=1S/C37H25NO2/c1-38(27-19-16-24(17-20-27)29-12-7-13-32-30-10-2-5-15-35(30)40-37(29)32)28-9-6-8-25(22-28)26-18-21-36-33(23-26)31-11-3-4-14-34(31)39-36/h2-23H,1H3. The van der Waals surface area contributed by atoms with Crippen LogP contribution in [0.4, 0.5) is 11.4 Å². The van der Waals surface area contributed by atoms with E-state index < -0.39 is 0 Å². The number of benzene rings is 6. The number of hydrogen-bond acceptors (Lipinski definition) is 3. The number of furan rings is 2. The average molecular weight is 516 g/mol. The van der Waals surface area contributed by atoms with E-state index in [2.05, 4.69) is 121 Å². The molecule has 0 fully saturated rings. The van der Waals surface area contributed by atoms with E-state index in [0.29, 0.717) is 0 Å². The Balaban J connectivity index is 1.12. The zero-order valence-electron chi connectivity index (χ0n) is 22.0. The van der Waals surface area contributed by atoms with Crippen LogP contribution in [0.15, 0.2) is 142 Å². The van der Waals surface area contributed by atoms with Crippen molar-refractivity contribution in [2.24, 2.45) is 0 Å². The summed E-state index contributed by atoms with van der Waals surface area (Å²) in [5.74, 6) is 0. The molecular weight excluding hydrogens is 490 g/mol. The Morgan fingerprint density at radius 2 is 1.05 bits per heavy atom. The molecule has 8 aromatic rings. The maximum atomic E-state index is 6.27. The first kappa shape index (κ1) is 22.7. The third-order valence-electron chi connectivity index (χ3n) is 7.91. The van der Waals surface area contributed by atoms with Crippen molar-refractivity contribution in [2.75, 3.05) is 11.9 Å². The first-order valence-corrected chi connectivity index (χ1v) is 13.5. The van der Waals surface area contributed by atoms with E-state index in [1.807, 2.05) is 24.3 Å². The highest BCUT2D eigenvalue weighted by atomic mass is 16.3. The Labute approximate surface area is 231 Å². The molecule has 0 N–H and O–H groups in total. The maximum absolute atomic E-state index is 6.27. The number of hydrogen-bond donors (Lipinski definition) is 0. The highest BCUT2D eigenvalue weighted by Gasteiger charge is 2.13.